The summed E-state index contributed by atoms with van der Waals surface area (Å²) in [5, 5.41) is 6.62. The van der Waals surface area contributed by atoms with Gasteiger partial charge >= 0.3 is 0 Å². The number of piperazine rings is 1. The summed E-state index contributed by atoms with van der Waals surface area (Å²) in [6, 6.07) is 6.96. The summed E-state index contributed by atoms with van der Waals surface area (Å²) >= 11 is 0. The van der Waals surface area contributed by atoms with Crippen molar-refractivity contribution >= 4 is 29.0 Å². The molecule has 218 valence electrons. The number of benzene rings is 1. The molecule has 11 heteroatoms. The van der Waals surface area contributed by atoms with Crippen LogP contribution in [0.15, 0.2) is 23.0 Å². The van der Waals surface area contributed by atoms with Gasteiger partial charge in [-0.05, 0) is 70.3 Å². The van der Waals surface area contributed by atoms with Crippen molar-refractivity contribution in [1.82, 2.24) is 19.4 Å². The lowest BCUT2D eigenvalue weighted by atomic mass is 10.0. The molecule has 0 bridgehead atoms. The molecule has 4 N–H and O–H groups in total. The second kappa shape index (κ2) is 12.6. The molecule has 3 aliphatic rings. The summed E-state index contributed by atoms with van der Waals surface area (Å²) < 4.78 is 6.94. The third-order valence-electron chi connectivity index (χ3n) is 8.61. The van der Waals surface area contributed by atoms with E-state index < -0.39 is 11.5 Å². The van der Waals surface area contributed by atoms with E-state index in [4.69, 9.17) is 15.5 Å². The number of aromatic nitrogens is 2. The van der Waals surface area contributed by atoms with E-state index in [1.54, 1.807) is 0 Å². The summed E-state index contributed by atoms with van der Waals surface area (Å²) in [5.41, 5.74) is 8.20. The van der Waals surface area contributed by atoms with Crippen molar-refractivity contribution in [2.24, 2.45) is 5.73 Å². The van der Waals surface area contributed by atoms with E-state index in [0.717, 1.165) is 63.4 Å². The van der Waals surface area contributed by atoms with Crippen LogP contribution in [-0.2, 0) is 11.3 Å². The molecule has 1 amide bonds. The minimum absolute atomic E-state index is 0.132. The van der Waals surface area contributed by atoms with E-state index in [2.05, 4.69) is 45.4 Å². The van der Waals surface area contributed by atoms with Gasteiger partial charge in [0.05, 0.1) is 0 Å². The van der Waals surface area contributed by atoms with Gasteiger partial charge in [0.25, 0.3) is 11.5 Å². The molecular formula is C29H44N8O3. The van der Waals surface area contributed by atoms with Gasteiger partial charge in [0, 0.05) is 82.5 Å². The van der Waals surface area contributed by atoms with Crippen LogP contribution in [0.1, 0.15) is 48.5 Å². The molecule has 0 unspecified atom stereocenters. The Labute approximate surface area is 236 Å². The number of hydrogen-bond acceptors (Lipinski definition) is 9. The number of aryl methyl sites for hydroxylation is 1. The number of nitrogens with two attached hydrogens (primary N) is 1. The Kier molecular flexibility index (Phi) is 8.92. The largest absolute Gasteiger partial charge is 0.381 e. The van der Waals surface area contributed by atoms with Crippen LogP contribution in [0, 0.1) is 6.92 Å². The highest BCUT2D eigenvalue weighted by atomic mass is 16.5. The maximum Gasteiger partial charge on any atom is 0.269 e. The number of anilines is 4. The van der Waals surface area contributed by atoms with Gasteiger partial charge in [-0.2, -0.15) is 4.98 Å². The van der Waals surface area contributed by atoms with Gasteiger partial charge < -0.3 is 30.9 Å². The monoisotopic (exact) mass is 552 g/mol. The maximum atomic E-state index is 13.3. The van der Waals surface area contributed by atoms with Crippen LogP contribution in [0.3, 0.4) is 0 Å². The Morgan fingerprint density at radius 3 is 2.40 bits per heavy atom. The summed E-state index contributed by atoms with van der Waals surface area (Å²) in [6.45, 7) is 12.4. The van der Waals surface area contributed by atoms with Crippen molar-refractivity contribution < 1.29 is 9.53 Å². The van der Waals surface area contributed by atoms with E-state index in [1.165, 1.54) is 23.1 Å². The fourth-order valence-electron chi connectivity index (χ4n) is 6.18. The van der Waals surface area contributed by atoms with Crippen LogP contribution >= 0.6 is 0 Å². The lowest BCUT2D eigenvalue weighted by Gasteiger charge is -2.43. The van der Waals surface area contributed by atoms with Crippen LogP contribution in [0.4, 0.5) is 23.1 Å². The zero-order valence-corrected chi connectivity index (χ0v) is 24.1. The molecule has 0 aliphatic carbocycles. The zero-order valence-electron chi connectivity index (χ0n) is 24.1. The van der Waals surface area contributed by atoms with E-state index in [-0.39, 0.29) is 17.4 Å². The minimum Gasteiger partial charge on any atom is -0.381 e. The van der Waals surface area contributed by atoms with Crippen molar-refractivity contribution in [3.05, 3.63) is 39.7 Å². The molecule has 1 aromatic carbocycles. The van der Waals surface area contributed by atoms with Crippen LogP contribution in [0.2, 0.25) is 0 Å². The molecule has 11 nitrogen and oxygen atoms in total. The second-order valence-electron chi connectivity index (χ2n) is 11.3. The number of carbonyl (C=O) groups is 1. The van der Waals surface area contributed by atoms with Gasteiger partial charge in [0.15, 0.2) is 5.82 Å². The summed E-state index contributed by atoms with van der Waals surface area (Å²) in [4.78, 5) is 37.9. The predicted molar refractivity (Wildman–Crippen MR) is 159 cm³/mol. The van der Waals surface area contributed by atoms with Gasteiger partial charge in [-0.15, -0.1) is 0 Å². The van der Waals surface area contributed by atoms with Crippen LogP contribution in [-0.4, -0.2) is 96.9 Å². The fourth-order valence-corrected chi connectivity index (χ4v) is 6.18. The highest BCUT2D eigenvalue weighted by Crippen LogP contribution is 2.29. The molecular weight excluding hydrogens is 508 g/mol. The van der Waals surface area contributed by atoms with E-state index in [1.807, 2.05) is 19.1 Å². The molecule has 3 saturated heterocycles. The Morgan fingerprint density at radius 2 is 1.77 bits per heavy atom. The summed E-state index contributed by atoms with van der Waals surface area (Å²) in [7, 11) is 2.20. The topological polar surface area (TPSA) is 121 Å². The van der Waals surface area contributed by atoms with Gasteiger partial charge in [-0.25, -0.2) is 0 Å². The average molecular weight is 553 g/mol. The Balaban J connectivity index is 1.31. The minimum atomic E-state index is -0.795. The van der Waals surface area contributed by atoms with Crippen molar-refractivity contribution in [2.45, 2.75) is 58.2 Å². The van der Waals surface area contributed by atoms with E-state index >= 15 is 0 Å². The molecule has 0 saturated carbocycles. The molecule has 1 aromatic heterocycles. The number of likely N-dealkylation sites (N-methyl/N-ethyl adjacent to an activating group) is 1. The molecule has 0 spiro atoms. The lowest BCUT2D eigenvalue weighted by Crippen LogP contribution is -2.52. The number of amides is 1. The molecule has 0 radical (unpaired) electrons. The number of piperidine rings is 1. The molecule has 2 aromatic rings. The van der Waals surface area contributed by atoms with E-state index in [0.29, 0.717) is 31.7 Å². The van der Waals surface area contributed by atoms with Crippen molar-refractivity contribution in [3.8, 4) is 0 Å². The molecule has 0 atom stereocenters. The quantitative estimate of drug-likeness (QED) is 0.453. The highest BCUT2D eigenvalue weighted by molar-refractivity contribution is 5.98. The van der Waals surface area contributed by atoms with Gasteiger partial charge in [0.1, 0.15) is 5.56 Å². The van der Waals surface area contributed by atoms with Gasteiger partial charge in [-0.3, -0.25) is 19.1 Å². The van der Waals surface area contributed by atoms with Gasteiger partial charge in [-0.1, -0.05) is 0 Å². The lowest BCUT2D eigenvalue weighted by molar-refractivity contribution is 0.0902. The smallest absolute Gasteiger partial charge is 0.269 e. The fraction of sp³-hybridized carbons (Fsp3) is 0.621. The first-order chi connectivity index (χ1) is 19.3. The first-order valence-corrected chi connectivity index (χ1v) is 14.7. The number of nitrogens with one attached hydrogen (secondary N) is 2. The highest BCUT2D eigenvalue weighted by Gasteiger charge is 2.28. The normalized spacial score (nSPS) is 20.0. The molecule has 5 rings (SSSR count). The second-order valence-corrected chi connectivity index (χ2v) is 11.3. The average Bonchev–Trinajstić information content (AvgIpc) is 2.94. The van der Waals surface area contributed by atoms with E-state index in [9.17, 15) is 9.59 Å². The first-order valence-electron chi connectivity index (χ1n) is 14.7. The van der Waals surface area contributed by atoms with Gasteiger partial charge in [0.2, 0.25) is 5.95 Å². The van der Waals surface area contributed by atoms with Crippen LogP contribution in [0.25, 0.3) is 0 Å². The van der Waals surface area contributed by atoms with Crippen molar-refractivity contribution in [3.63, 3.8) is 0 Å². The van der Waals surface area contributed by atoms with Crippen molar-refractivity contribution in [1.29, 1.82) is 0 Å². The number of nitrogens with zero attached hydrogens (tertiary/aromatic N) is 5. The van der Waals surface area contributed by atoms with Crippen LogP contribution in [0.5, 0.6) is 0 Å². The SMILES string of the molecule is CCn1c(NC2CCOCC2)nc(Nc2ccc(N3CCC(N4CCN(C)CC4)CC3)c(C)c2)c(C(N)=O)c1=O. The first kappa shape index (κ1) is 28.4. The Bertz CT molecular complexity index is 1240. The predicted octanol–water partition coefficient (Wildman–Crippen LogP) is 2.22. The Morgan fingerprint density at radius 1 is 1.07 bits per heavy atom. The van der Waals surface area contributed by atoms with Crippen LogP contribution < -0.4 is 26.8 Å². The summed E-state index contributed by atoms with van der Waals surface area (Å²) in [5.74, 6) is -0.184. The summed E-state index contributed by atoms with van der Waals surface area (Å²) in [6.07, 6.45) is 4.00. The number of primary amides is 1. The zero-order chi connectivity index (χ0) is 28.2. The number of ether oxygens (including phenoxy) is 1. The molecule has 40 heavy (non-hydrogen) atoms. The molecule has 3 fully saturated rings. The third-order valence-corrected chi connectivity index (χ3v) is 8.61. The Hall–Kier alpha value is -3.15. The van der Waals surface area contributed by atoms with Crippen molar-refractivity contribution in [2.75, 3.05) is 75.1 Å². The number of hydrogen-bond donors (Lipinski definition) is 3. The maximum absolute atomic E-state index is 13.3. The molecule has 3 aliphatic heterocycles. The third kappa shape index (κ3) is 6.26. The number of carbonyl (C=O) groups excluding carboxylic acids is 1. The number of rotatable bonds is 8. The molecule has 4 heterocycles. The standard InChI is InChI=1S/C29H44N8O3/c1-4-37-28(39)25(26(30)38)27(33-29(37)32-21-9-17-40-18-10-21)31-22-5-6-24(20(2)19-22)36-11-7-23(8-12-36)35-15-13-34(3)14-16-35/h5-6,19,21,23,31H,4,7-18H2,1-3H3,(H2,30,38)(H,32,33).